The number of benzene rings is 2. The van der Waals surface area contributed by atoms with Crippen LogP contribution in [0.5, 0.6) is 5.75 Å². The highest BCUT2D eigenvalue weighted by Crippen LogP contribution is 2.23. The van der Waals surface area contributed by atoms with Crippen LogP contribution < -0.4 is 15.2 Å². The minimum absolute atomic E-state index is 0.0898. The Bertz CT molecular complexity index is 773. The topological polar surface area (TPSA) is 98.5 Å². The van der Waals surface area contributed by atoms with Crippen LogP contribution in [-0.2, 0) is 16.7 Å². The molecular formula is C15H16N2O4S. The van der Waals surface area contributed by atoms with Crippen LogP contribution in [0.25, 0.3) is 0 Å². The lowest BCUT2D eigenvalue weighted by molar-refractivity contribution is 0.0949. The highest BCUT2D eigenvalue weighted by molar-refractivity contribution is 7.86. The monoisotopic (exact) mass is 320 g/mol. The highest BCUT2D eigenvalue weighted by atomic mass is 32.2. The summed E-state index contributed by atoms with van der Waals surface area (Å²) >= 11 is 0. The van der Waals surface area contributed by atoms with Gasteiger partial charge in [-0.25, -0.2) is 0 Å². The maximum Gasteiger partial charge on any atom is 0.306 e. The Morgan fingerprint density at radius 3 is 2.50 bits per heavy atom. The van der Waals surface area contributed by atoms with Crippen LogP contribution in [0, 0.1) is 0 Å². The van der Waals surface area contributed by atoms with Gasteiger partial charge in [0.1, 0.15) is 0 Å². The van der Waals surface area contributed by atoms with Gasteiger partial charge in [0.2, 0.25) is 0 Å². The molecule has 3 N–H and O–H groups in total. The zero-order valence-corrected chi connectivity index (χ0v) is 12.8. The Morgan fingerprint density at radius 1 is 1.18 bits per heavy atom. The average molecular weight is 320 g/mol. The summed E-state index contributed by atoms with van der Waals surface area (Å²) in [6.07, 6.45) is 0.905. The lowest BCUT2D eigenvalue weighted by Gasteiger charge is -2.11. The summed E-state index contributed by atoms with van der Waals surface area (Å²) < 4.78 is 27.4. The van der Waals surface area contributed by atoms with Crippen molar-refractivity contribution in [2.24, 2.45) is 0 Å². The Labute approximate surface area is 129 Å². The van der Waals surface area contributed by atoms with E-state index in [9.17, 15) is 13.2 Å². The molecule has 0 aliphatic rings. The molecule has 0 radical (unpaired) electrons. The van der Waals surface area contributed by atoms with Gasteiger partial charge in [-0.05, 0) is 17.7 Å². The van der Waals surface area contributed by atoms with E-state index in [0.717, 1.165) is 11.8 Å². The zero-order valence-electron chi connectivity index (χ0n) is 11.9. The number of hydrogen-bond donors (Lipinski definition) is 2. The number of hydrogen-bond acceptors (Lipinski definition) is 5. The van der Waals surface area contributed by atoms with Gasteiger partial charge in [-0.1, -0.05) is 30.3 Å². The maximum atomic E-state index is 12.2. The van der Waals surface area contributed by atoms with Crippen molar-refractivity contribution in [2.75, 3.05) is 12.0 Å². The van der Waals surface area contributed by atoms with Crippen molar-refractivity contribution < 1.29 is 17.4 Å². The van der Waals surface area contributed by atoms with E-state index < -0.39 is 16.0 Å². The predicted molar refractivity (Wildman–Crippen MR) is 83.9 cm³/mol. The Kier molecular flexibility index (Phi) is 4.67. The van der Waals surface area contributed by atoms with E-state index in [4.69, 9.17) is 9.92 Å². The van der Waals surface area contributed by atoms with Crippen LogP contribution >= 0.6 is 0 Å². The van der Waals surface area contributed by atoms with E-state index in [1.165, 1.54) is 18.2 Å². The molecule has 0 aliphatic carbocycles. The molecule has 0 saturated carbocycles. The molecular weight excluding hydrogens is 304 g/mol. The van der Waals surface area contributed by atoms with E-state index in [1.54, 1.807) is 0 Å². The fraction of sp³-hybridized carbons (Fsp3) is 0.133. The predicted octanol–water partition coefficient (Wildman–Crippen LogP) is 1.54. The Hall–Kier alpha value is -2.54. The molecule has 2 rings (SSSR count). The van der Waals surface area contributed by atoms with Gasteiger partial charge in [0.15, 0.2) is 5.75 Å². The summed E-state index contributed by atoms with van der Waals surface area (Å²) in [7, 11) is -3.75. The first-order chi connectivity index (χ1) is 10.3. The molecule has 7 heteroatoms. The van der Waals surface area contributed by atoms with Crippen molar-refractivity contribution in [2.45, 2.75) is 6.54 Å². The number of nitrogens with two attached hydrogens (primary N) is 1. The van der Waals surface area contributed by atoms with Crippen molar-refractivity contribution in [1.82, 2.24) is 5.32 Å². The summed E-state index contributed by atoms with van der Waals surface area (Å²) in [5, 5.41) is 2.71. The molecule has 2 aromatic rings. The number of nitrogens with one attached hydrogen (secondary N) is 1. The van der Waals surface area contributed by atoms with Gasteiger partial charge in [0.05, 0.1) is 11.8 Å². The Balaban J connectivity index is 2.18. The lowest BCUT2D eigenvalue weighted by Crippen LogP contribution is -2.24. The number of rotatable bonds is 5. The minimum atomic E-state index is -3.75. The van der Waals surface area contributed by atoms with Gasteiger partial charge in [0, 0.05) is 18.3 Å². The third-order valence-corrected chi connectivity index (χ3v) is 3.27. The Morgan fingerprint density at radius 2 is 1.86 bits per heavy atom. The normalized spacial score (nSPS) is 11.0. The quantitative estimate of drug-likeness (QED) is 0.643. The SMILES string of the molecule is CS(=O)(=O)Oc1cc(N)ccc1C(=O)NCc1ccccc1. The molecule has 22 heavy (non-hydrogen) atoms. The summed E-state index contributed by atoms with van der Waals surface area (Å²) in [6.45, 7) is 0.322. The fourth-order valence-electron chi connectivity index (χ4n) is 1.83. The van der Waals surface area contributed by atoms with Gasteiger partial charge in [-0.15, -0.1) is 0 Å². The van der Waals surface area contributed by atoms with Crippen LogP contribution in [0.2, 0.25) is 0 Å². The summed E-state index contributed by atoms with van der Waals surface area (Å²) in [5.41, 5.74) is 6.94. The summed E-state index contributed by atoms with van der Waals surface area (Å²) in [6, 6.07) is 13.6. The number of amides is 1. The second kappa shape index (κ2) is 6.48. The van der Waals surface area contributed by atoms with Crippen LogP contribution in [0.4, 0.5) is 5.69 Å². The molecule has 2 aromatic carbocycles. The van der Waals surface area contributed by atoms with Gasteiger partial charge in [-0.2, -0.15) is 8.42 Å². The van der Waals surface area contributed by atoms with Crippen LogP contribution in [0.15, 0.2) is 48.5 Å². The third-order valence-electron chi connectivity index (χ3n) is 2.79. The van der Waals surface area contributed by atoms with E-state index in [-0.39, 0.29) is 11.3 Å². The second-order valence-electron chi connectivity index (χ2n) is 4.71. The molecule has 0 fully saturated rings. The van der Waals surface area contributed by atoms with Crippen LogP contribution in [0.3, 0.4) is 0 Å². The second-order valence-corrected chi connectivity index (χ2v) is 6.29. The largest absolute Gasteiger partial charge is 0.399 e. The van der Waals surface area contributed by atoms with Crippen molar-refractivity contribution in [3.8, 4) is 5.75 Å². The minimum Gasteiger partial charge on any atom is -0.399 e. The van der Waals surface area contributed by atoms with E-state index in [2.05, 4.69) is 5.32 Å². The number of carbonyl (C=O) groups excluding carboxylic acids is 1. The molecule has 0 atom stereocenters. The molecule has 0 heterocycles. The molecule has 0 aromatic heterocycles. The molecule has 0 aliphatic heterocycles. The standard InChI is InChI=1S/C15H16N2O4S/c1-22(19,20)21-14-9-12(16)7-8-13(14)15(18)17-10-11-5-3-2-4-6-11/h2-9H,10,16H2,1H3,(H,17,18). The highest BCUT2D eigenvalue weighted by Gasteiger charge is 2.16. The van der Waals surface area contributed by atoms with Crippen molar-refractivity contribution in [3.63, 3.8) is 0 Å². The average Bonchev–Trinajstić information content (AvgIpc) is 2.44. The van der Waals surface area contributed by atoms with Crippen LogP contribution in [0.1, 0.15) is 15.9 Å². The van der Waals surface area contributed by atoms with Gasteiger partial charge >= 0.3 is 10.1 Å². The molecule has 1 amide bonds. The van der Waals surface area contributed by atoms with Crippen molar-refractivity contribution >= 4 is 21.7 Å². The van der Waals surface area contributed by atoms with E-state index >= 15 is 0 Å². The molecule has 0 saturated heterocycles. The summed E-state index contributed by atoms with van der Waals surface area (Å²) in [4.78, 5) is 12.2. The number of nitrogen functional groups attached to an aromatic ring is 1. The third kappa shape index (κ3) is 4.49. The van der Waals surface area contributed by atoms with E-state index in [0.29, 0.717) is 12.2 Å². The van der Waals surface area contributed by atoms with Gasteiger partial charge in [0.25, 0.3) is 5.91 Å². The van der Waals surface area contributed by atoms with Crippen LogP contribution in [-0.4, -0.2) is 20.6 Å². The van der Waals surface area contributed by atoms with Gasteiger partial charge in [-0.3, -0.25) is 4.79 Å². The smallest absolute Gasteiger partial charge is 0.306 e. The van der Waals surface area contributed by atoms with Crippen molar-refractivity contribution in [3.05, 3.63) is 59.7 Å². The number of carbonyl (C=O) groups is 1. The van der Waals surface area contributed by atoms with Crippen molar-refractivity contribution in [1.29, 1.82) is 0 Å². The molecule has 0 spiro atoms. The first-order valence-electron chi connectivity index (χ1n) is 6.46. The summed E-state index contributed by atoms with van der Waals surface area (Å²) in [5.74, 6) is -0.532. The first-order valence-corrected chi connectivity index (χ1v) is 8.28. The molecule has 0 unspecified atom stereocenters. The maximum absolute atomic E-state index is 12.2. The van der Waals surface area contributed by atoms with Gasteiger partial charge < -0.3 is 15.2 Å². The molecule has 116 valence electrons. The number of anilines is 1. The molecule has 0 bridgehead atoms. The fourth-order valence-corrected chi connectivity index (χ4v) is 2.30. The zero-order chi connectivity index (χ0) is 16.2. The van der Waals surface area contributed by atoms with E-state index in [1.807, 2.05) is 30.3 Å². The molecule has 6 nitrogen and oxygen atoms in total. The first kappa shape index (κ1) is 15.8. The lowest BCUT2D eigenvalue weighted by atomic mass is 10.1.